The number of hydrogen-bond donors (Lipinski definition) is 0. The molecule has 4 bridgehead atoms. The average Bonchev–Trinajstić information content (AvgIpc) is 2.50. The molecule has 4 saturated carbocycles. The zero-order chi connectivity index (χ0) is 19.3. The maximum Gasteiger partial charge on any atom is 0.338 e. The fourth-order valence-corrected chi connectivity index (χ4v) is 5.74. The Morgan fingerprint density at radius 3 is 2.19 bits per heavy atom. The summed E-state index contributed by atoms with van der Waals surface area (Å²) in [6.45, 7) is 13.2. The molecule has 0 aromatic rings. The summed E-state index contributed by atoms with van der Waals surface area (Å²) < 4.78 is 11.3. The molecule has 0 aliphatic heterocycles. The maximum absolute atomic E-state index is 12.8. The van der Waals surface area contributed by atoms with Gasteiger partial charge in [-0.2, -0.15) is 0 Å². The van der Waals surface area contributed by atoms with Crippen LogP contribution in [-0.2, 0) is 19.1 Å². The molecular formula is C22H32O4. The standard InChI is InChI=1S/C22H32O4/c1-13(2)19(23)25-15(4)7-14(3)20(24)26-22(6)17-8-16-9-18(22)12-21(5,10-16)11-17/h7,14,16-18H,1,8-12H2,2-6H3/b15-7+. The van der Waals surface area contributed by atoms with Gasteiger partial charge < -0.3 is 9.47 Å². The van der Waals surface area contributed by atoms with E-state index >= 15 is 0 Å². The van der Waals surface area contributed by atoms with Crippen molar-refractivity contribution in [3.05, 3.63) is 24.0 Å². The monoisotopic (exact) mass is 360 g/mol. The summed E-state index contributed by atoms with van der Waals surface area (Å²) in [4.78, 5) is 24.3. The Morgan fingerprint density at radius 2 is 1.69 bits per heavy atom. The van der Waals surface area contributed by atoms with Crippen molar-refractivity contribution in [3.8, 4) is 0 Å². The number of carbonyl (C=O) groups is 2. The highest BCUT2D eigenvalue weighted by atomic mass is 16.6. The molecule has 4 aliphatic rings. The molecule has 0 aromatic heterocycles. The molecule has 4 aliphatic carbocycles. The minimum absolute atomic E-state index is 0.226. The summed E-state index contributed by atoms with van der Waals surface area (Å²) in [5.74, 6) is 1.02. The van der Waals surface area contributed by atoms with Gasteiger partial charge in [0.15, 0.2) is 0 Å². The van der Waals surface area contributed by atoms with Crippen LogP contribution >= 0.6 is 0 Å². The van der Waals surface area contributed by atoms with E-state index in [-0.39, 0.29) is 11.6 Å². The summed E-state index contributed by atoms with van der Waals surface area (Å²) in [5.41, 5.74) is 0.432. The summed E-state index contributed by atoms with van der Waals surface area (Å²) in [6, 6.07) is 0. The lowest BCUT2D eigenvalue weighted by molar-refractivity contribution is -0.218. The molecule has 4 rings (SSSR count). The second-order valence-corrected chi connectivity index (χ2v) is 9.50. The molecule has 4 nitrogen and oxygen atoms in total. The molecule has 144 valence electrons. The first-order valence-electron chi connectivity index (χ1n) is 9.81. The Labute approximate surface area is 157 Å². The fraction of sp³-hybridized carbons (Fsp3) is 0.727. The molecule has 0 spiro atoms. The average molecular weight is 360 g/mol. The lowest BCUT2D eigenvalue weighted by atomic mass is 9.45. The van der Waals surface area contributed by atoms with Crippen molar-refractivity contribution in [1.82, 2.24) is 0 Å². The lowest BCUT2D eigenvalue weighted by Gasteiger charge is -2.63. The van der Waals surface area contributed by atoms with Crippen LogP contribution in [0.25, 0.3) is 0 Å². The van der Waals surface area contributed by atoms with Gasteiger partial charge in [-0.05, 0) is 89.0 Å². The molecule has 26 heavy (non-hydrogen) atoms. The predicted octanol–water partition coefficient (Wildman–Crippen LogP) is 4.79. The third-order valence-corrected chi connectivity index (χ3v) is 6.90. The van der Waals surface area contributed by atoms with Crippen LogP contribution in [-0.4, -0.2) is 17.5 Å². The highest BCUT2D eigenvalue weighted by Gasteiger charge is 2.60. The highest BCUT2D eigenvalue weighted by molar-refractivity contribution is 5.87. The maximum atomic E-state index is 12.8. The first-order valence-corrected chi connectivity index (χ1v) is 9.81. The van der Waals surface area contributed by atoms with E-state index in [2.05, 4.69) is 20.4 Å². The molecule has 3 unspecified atom stereocenters. The quantitative estimate of drug-likeness (QED) is 0.402. The van der Waals surface area contributed by atoms with Gasteiger partial charge in [0, 0.05) is 5.57 Å². The van der Waals surface area contributed by atoms with E-state index in [1.165, 1.54) is 32.1 Å². The van der Waals surface area contributed by atoms with Gasteiger partial charge in [0.2, 0.25) is 0 Å². The molecule has 4 heteroatoms. The molecule has 0 radical (unpaired) electrons. The number of rotatable bonds is 5. The Balaban J connectivity index is 1.66. The van der Waals surface area contributed by atoms with Crippen molar-refractivity contribution < 1.29 is 19.1 Å². The largest absolute Gasteiger partial charge is 0.458 e. The van der Waals surface area contributed by atoms with Crippen molar-refractivity contribution in [2.45, 2.75) is 72.3 Å². The van der Waals surface area contributed by atoms with Gasteiger partial charge >= 0.3 is 11.9 Å². The van der Waals surface area contributed by atoms with Crippen LogP contribution < -0.4 is 0 Å². The van der Waals surface area contributed by atoms with E-state index < -0.39 is 11.9 Å². The molecule has 0 amide bonds. The zero-order valence-corrected chi connectivity index (χ0v) is 16.8. The SMILES string of the molecule is C=C(C)C(=O)O/C(C)=C/C(C)C(=O)OC1(C)C2CC3CC1CC(C)(C3)C2. The second-order valence-electron chi connectivity index (χ2n) is 9.50. The van der Waals surface area contributed by atoms with Crippen LogP contribution in [0.4, 0.5) is 0 Å². The fourth-order valence-electron chi connectivity index (χ4n) is 5.74. The van der Waals surface area contributed by atoms with E-state index in [0.29, 0.717) is 28.6 Å². The third kappa shape index (κ3) is 3.47. The van der Waals surface area contributed by atoms with Gasteiger partial charge in [-0.15, -0.1) is 0 Å². The minimum Gasteiger partial charge on any atom is -0.458 e. The molecule has 3 atom stereocenters. The molecule has 0 N–H and O–H groups in total. The summed E-state index contributed by atoms with van der Waals surface area (Å²) in [5, 5.41) is 0. The molecule has 0 saturated heterocycles. The highest BCUT2D eigenvalue weighted by Crippen LogP contribution is 2.64. The van der Waals surface area contributed by atoms with E-state index in [1.54, 1.807) is 26.8 Å². The Bertz CT molecular complexity index is 643. The number of carbonyl (C=O) groups excluding carboxylic acids is 2. The first-order chi connectivity index (χ1) is 12.0. The lowest BCUT2D eigenvalue weighted by Crippen LogP contribution is -2.60. The van der Waals surface area contributed by atoms with Crippen molar-refractivity contribution in [3.63, 3.8) is 0 Å². The smallest absolute Gasteiger partial charge is 0.338 e. The Morgan fingerprint density at radius 1 is 1.12 bits per heavy atom. The zero-order valence-electron chi connectivity index (χ0n) is 16.8. The van der Waals surface area contributed by atoms with E-state index in [4.69, 9.17) is 9.47 Å². The van der Waals surface area contributed by atoms with Crippen LogP contribution in [0.5, 0.6) is 0 Å². The number of esters is 2. The van der Waals surface area contributed by atoms with Crippen LogP contribution in [0.3, 0.4) is 0 Å². The second kappa shape index (κ2) is 6.54. The Hall–Kier alpha value is -1.58. The van der Waals surface area contributed by atoms with Crippen molar-refractivity contribution >= 4 is 11.9 Å². The molecular weight excluding hydrogens is 328 g/mol. The number of ether oxygens (including phenoxy) is 2. The van der Waals surface area contributed by atoms with Crippen molar-refractivity contribution in [1.29, 1.82) is 0 Å². The van der Waals surface area contributed by atoms with Gasteiger partial charge in [-0.25, -0.2) is 4.79 Å². The predicted molar refractivity (Wildman–Crippen MR) is 100.0 cm³/mol. The number of hydrogen-bond acceptors (Lipinski definition) is 4. The van der Waals surface area contributed by atoms with Crippen LogP contribution in [0.2, 0.25) is 0 Å². The number of allylic oxidation sites excluding steroid dienone is 1. The van der Waals surface area contributed by atoms with Crippen molar-refractivity contribution in [2.24, 2.45) is 29.1 Å². The van der Waals surface area contributed by atoms with Crippen molar-refractivity contribution in [2.75, 3.05) is 0 Å². The molecule has 4 fully saturated rings. The summed E-state index contributed by atoms with van der Waals surface area (Å²) in [6.07, 6.45) is 7.72. The van der Waals surface area contributed by atoms with Gasteiger partial charge in [0.1, 0.15) is 11.4 Å². The van der Waals surface area contributed by atoms with Gasteiger partial charge in [-0.3, -0.25) is 4.79 Å². The third-order valence-electron chi connectivity index (χ3n) is 6.90. The molecule has 0 aromatic carbocycles. The van der Waals surface area contributed by atoms with Crippen LogP contribution in [0.15, 0.2) is 24.0 Å². The van der Waals surface area contributed by atoms with Gasteiger partial charge in [-0.1, -0.05) is 13.5 Å². The minimum atomic E-state index is -0.472. The Kier molecular flexibility index (Phi) is 4.83. The van der Waals surface area contributed by atoms with E-state index in [1.807, 2.05) is 0 Å². The summed E-state index contributed by atoms with van der Waals surface area (Å²) >= 11 is 0. The van der Waals surface area contributed by atoms with Gasteiger partial charge in [0.05, 0.1) is 5.92 Å². The van der Waals surface area contributed by atoms with Gasteiger partial charge in [0.25, 0.3) is 0 Å². The van der Waals surface area contributed by atoms with E-state index in [0.717, 1.165) is 5.92 Å². The summed E-state index contributed by atoms with van der Waals surface area (Å²) in [7, 11) is 0. The van der Waals surface area contributed by atoms with E-state index in [9.17, 15) is 9.59 Å². The normalized spacial score (nSPS) is 39.4. The van der Waals surface area contributed by atoms with Crippen LogP contribution in [0, 0.1) is 29.1 Å². The molecule has 0 heterocycles. The first kappa shape index (κ1) is 19.2. The van der Waals surface area contributed by atoms with Crippen LogP contribution in [0.1, 0.15) is 66.7 Å². The topological polar surface area (TPSA) is 52.6 Å².